The molecule has 8 aliphatic rings. The third kappa shape index (κ3) is 15.8. The summed E-state index contributed by atoms with van der Waals surface area (Å²) >= 11 is 0. The van der Waals surface area contributed by atoms with Gasteiger partial charge in [0.25, 0.3) is 0 Å². The van der Waals surface area contributed by atoms with Crippen LogP contribution in [-0.2, 0) is 61.7 Å². The van der Waals surface area contributed by atoms with Gasteiger partial charge in [-0.15, -0.1) is 0 Å². The van der Waals surface area contributed by atoms with Crippen molar-refractivity contribution in [3.63, 3.8) is 0 Å². The zero-order valence-electron chi connectivity index (χ0n) is 61.4. The lowest BCUT2D eigenvalue weighted by Gasteiger charge is -2.61. The maximum Gasteiger partial charge on any atom is 0.338 e. The van der Waals surface area contributed by atoms with E-state index in [9.17, 15) is 29.1 Å². The first-order chi connectivity index (χ1) is 47.4. The maximum absolute atomic E-state index is 14.6. The zero-order valence-corrected chi connectivity index (χ0v) is 61.4. The van der Waals surface area contributed by atoms with Crippen LogP contribution < -0.4 is 0 Å². The van der Waals surface area contributed by atoms with Crippen LogP contribution in [0.3, 0.4) is 0 Å². The molecular weight excluding hydrogens is 1260 g/mol. The van der Waals surface area contributed by atoms with Crippen molar-refractivity contribution in [2.24, 2.45) is 93.7 Å². The van der Waals surface area contributed by atoms with E-state index in [2.05, 4.69) is 62.3 Å². The number of Topliss-reactive ketones (excluding diaryl/α,β-unsaturated/α-hetero) is 2. The van der Waals surface area contributed by atoms with E-state index in [0.29, 0.717) is 72.0 Å². The van der Waals surface area contributed by atoms with Gasteiger partial charge < -0.3 is 57.2 Å². The molecule has 99 heavy (non-hydrogen) atoms. The summed E-state index contributed by atoms with van der Waals surface area (Å²) in [4.78, 5) is 69.8. The van der Waals surface area contributed by atoms with Crippen molar-refractivity contribution in [3.05, 3.63) is 108 Å². The molecule has 4 saturated carbocycles. The van der Waals surface area contributed by atoms with Crippen molar-refractivity contribution < 1.29 is 81.2 Å². The van der Waals surface area contributed by atoms with Gasteiger partial charge >= 0.3 is 17.9 Å². The Bertz CT molecular complexity index is 3160. The van der Waals surface area contributed by atoms with E-state index < -0.39 is 79.1 Å². The van der Waals surface area contributed by atoms with Crippen molar-refractivity contribution in [2.75, 3.05) is 13.2 Å². The Hall–Kier alpha value is -4.95. The number of ketones is 2. The first-order valence-corrected chi connectivity index (χ1v) is 38.1. The van der Waals surface area contributed by atoms with Gasteiger partial charge in [-0.2, -0.15) is 0 Å². The number of esters is 3. The summed E-state index contributed by atoms with van der Waals surface area (Å²) in [6, 6.07) is 26.2. The van der Waals surface area contributed by atoms with E-state index in [1.807, 2.05) is 52.8 Å². The summed E-state index contributed by atoms with van der Waals surface area (Å²) in [7, 11) is 0. The van der Waals surface area contributed by atoms with Gasteiger partial charge in [0.2, 0.25) is 0 Å². The third-order valence-electron chi connectivity index (χ3n) is 26.4. The van der Waals surface area contributed by atoms with Gasteiger partial charge in [-0.25, -0.2) is 14.4 Å². The molecule has 8 fully saturated rings. The van der Waals surface area contributed by atoms with Gasteiger partial charge in [0, 0.05) is 48.3 Å². The highest BCUT2D eigenvalue weighted by molar-refractivity contribution is 5.92. The van der Waals surface area contributed by atoms with Gasteiger partial charge in [0.1, 0.15) is 36.5 Å². The molecule has 30 atom stereocenters. The number of rotatable bonds is 24. The fraction of sp³-hybridized carbons (Fsp3) is 0.720. The minimum absolute atomic E-state index is 0.0187. The molecule has 0 bridgehead atoms. The van der Waals surface area contributed by atoms with E-state index in [1.165, 1.54) is 0 Å². The number of aliphatic hydroxyl groups excluding tert-OH is 1. The van der Waals surface area contributed by atoms with Crippen molar-refractivity contribution in [2.45, 2.75) is 267 Å². The Morgan fingerprint density at radius 1 is 0.535 bits per heavy atom. The number of hydrogen-bond acceptors (Lipinski definition) is 17. The van der Waals surface area contributed by atoms with Gasteiger partial charge in [-0.1, -0.05) is 152 Å². The van der Waals surface area contributed by atoms with Crippen LogP contribution in [0.25, 0.3) is 0 Å². The lowest BCUT2D eigenvalue weighted by molar-refractivity contribution is -0.366. The molecule has 3 aromatic carbocycles. The van der Waals surface area contributed by atoms with Crippen LogP contribution in [0, 0.1) is 93.7 Å². The smallest absolute Gasteiger partial charge is 0.338 e. The van der Waals surface area contributed by atoms with Crippen molar-refractivity contribution >= 4 is 29.5 Å². The second-order valence-corrected chi connectivity index (χ2v) is 32.2. The summed E-state index contributed by atoms with van der Waals surface area (Å²) in [5.41, 5.74) is 0.851. The highest BCUT2D eigenvalue weighted by Gasteiger charge is 2.64. The topological polar surface area (TPSA) is 207 Å². The molecule has 4 saturated heterocycles. The van der Waals surface area contributed by atoms with Crippen molar-refractivity contribution in [1.29, 1.82) is 0 Å². The molecule has 1 N–H and O–H groups in total. The molecule has 546 valence electrons. The highest BCUT2D eigenvalue weighted by atomic mass is 16.8. The minimum Gasteiger partial charge on any atom is -0.459 e. The molecule has 0 spiro atoms. The lowest BCUT2D eigenvalue weighted by Crippen LogP contribution is -2.60. The number of aliphatic hydroxyl groups is 1. The Kier molecular flexibility index (Phi) is 24.6. The van der Waals surface area contributed by atoms with Crippen molar-refractivity contribution in [3.8, 4) is 0 Å². The van der Waals surface area contributed by atoms with Crippen LogP contribution in [-0.4, -0.2) is 134 Å². The molecule has 4 aliphatic carbocycles. The molecule has 0 amide bonds. The molecule has 17 nitrogen and oxygen atoms in total. The quantitative estimate of drug-likeness (QED) is 0.0502. The summed E-state index contributed by atoms with van der Waals surface area (Å²) in [6.07, 6.45) is 1.59. The molecule has 11 rings (SSSR count). The average Bonchev–Trinajstić information content (AvgIpc) is 1.56. The monoisotopic (exact) mass is 1370 g/mol. The largest absolute Gasteiger partial charge is 0.459 e. The molecule has 4 aliphatic heterocycles. The van der Waals surface area contributed by atoms with Crippen molar-refractivity contribution in [1.82, 2.24) is 0 Å². The average molecular weight is 1370 g/mol. The fourth-order valence-electron chi connectivity index (χ4n) is 19.6. The van der Waals surface area contributed by atoms with E-state index in [-0.39, 0.29) is 120 Å². The molecule has 4 heterocycles. The third-order valence-corrected chi connectivity index (χ3v) is 26.4. The summed E-state index contributed by atoms with van der Waals surface area (Å²) in [5, 5.41) is 12.1. The van der Waals surface area contributed by atoms with Gasteiger partial charge in [0.15, 0.2) is 31.3 Å². The van der Waals surface area contributed by atoms with E-state index >= 15 is 0 Å². The van der Waals surface area contributed by atoms with E-state index in [1.54, 1.807) is 72.8 Å². The van der Waals surface area contributed by atoms with Crippen LogP contribution in [0.2, 0.25) is 0 Å². The Morgan fingerprint density at radius 3 is 1.69 bits per heavy atom. The summed E-state index contributed by atoms with van der Waals surface area (Å²) < 4.78 is 73.1. The minimum atomic E-state index is -1.08. The van der Waals surface area contributed by atoms with Gasteiger partial charge in [-0.3, -0.25) is 9.59 Å². The van der Waals surface area contributed by atoms with Crippen LogP contribution in [0.1, 0.15) is 211 Å². The number of carbonyl (C=O) groups is 5. The first kappa shape index (κ1) is 75.2. The second-order valence-electron chi connectivity index (χ2n) is 32.2. The van der Waals surface area contributed by atoms with Crippen LogP contribution in [0.4, 0.5) is 0 Å². The Balaban J connectivity index is 0.720. The Morgan fingerprint density at radius 2 is 1.07 bits per heavy atom. The van der Waals surface area contributed by atoms with Gasteiger partial charge in [0.05, 0.1) is 59.9 Å². The normalized spacial score (nSPS) is 41.2. The highest BCUT2D eigenvalue weighted by Crippen LogP contribution is 2.68. The Labute approximate surface area is 589 Å². The van der Waals surface area contributed by atoms with E-state index in [0.717, 1.165) is 51.4 Å². The van der Waals surface area contributed by atoms with Gasteiger partial charge in [-0.05, 0) is 165 Å². The maximum atomic E-state index is 14.6. The molecular formula is C82H116O17. The predicted octanol–water partition coefficient (Wildman–Crippen LogP) is 14.9. The second kappa shape index (κ2) is 32.4. The fourth-order valence-corrected chi connectivity index (χ4v) is 19.6. The molecule has 17 heteroatoms. The summed E-state index contributed by atoms with van der Waals surface area (Å²) in [5.74, 6) is -0.691. The van der Waals surface area contributed by atoms with Crippen LogP contribution in [0.5, 0.6) is 0 Å². The number of fused-ring (bicyclic) bond motifs is 5. The summed E-state index contributed by atoms with van der Waals surface area (Å²) in [6.45, 7) is 30.2. The number of carbonyl (C=O) groups excluding carboxylic acids is 5. The lowest BCUT2D eigenvalue weighted by atomic mass is 9.44. The number of ether oxygens (including phenoxy) is 11. The number of hydrogen-bond donors (Lipinski definition) is 1. The van der Waals surface area contributed by atoms with E-state index in [4.69, 9.17) is 52.1 Å². The molecule has 0 radical (unpaired) electrons. The predicted molar refractivity (Wildman–Crippen MR) is 372 cm³/mol. The molecule has 0 aromatic heterocycles. The van der Waals surface area contributed by atoms with Crippen LogP contribution >= 0.6 is 0 Å². The number of benzene rings is 3. The first-order valence-electron chi connectivity index (χ1n) is 38.1. The van der Waals surface area contributed by atoms with Crippen LogP contribution in [0.15, 0.2) is 91.0 Å². The molecule has 3 aromatic rings. The SMILES string of the molecule is CCC1O[C@@H](O[C@@H]2C(CC)O[C@@H](OC3[C@H](OC4CCC5(C)C(CCC6C5CCC5(C)C6CC(=O)C5[C@H](C)C(=O)CC[C@H](C)CO[C@@H]5OC(CC)[C@H](C)[C@H](OC(=O)c6ccccc6)C5OC(=O)c5ccccc5)C4)OC(COC(=O)c4ccccc4)[C@H](O)[C@@H]3C)C(C)[C@H]2C)C(C)[C@@H](C)[C@@H]1C. The molecule has 16 unspecified atom stereocenters. The standard InChI is InChI=1S/C82H116O17/c1-15-64-47(6)46(5)49(8)77(92-64)98-70-48(7)50(9)78(94-66(70)17-3)99-72-53(12)69(85)67(44-89-74(86)54-27-21-18-22-28-54)95-80(72)91-58-37-39-81(13)57(41-58)34-35-59-60(81)38-40-82(14)61(59)42-63(84)68(82)51(10)62(83)36-33-45(4)43-90-79-73(97-76(88)56-31-25-20-26-32-56)71(52(11)65(16-2)93-79)96-75(87)55-29-23-19-24-30-55/h18-32,45-53,57-61,64-73,77-80,85H,15-17,33-44H2,1-14H3/t45-,46-,47-,48+,49?,50?,51+,52-,53-,57?,58?,59?,60?,61?,64?,65?,66?,67?,68?,69+,70-,71-,72?,73?,77-,78-,79+,80+,81?,82?/m0/s1. The zero-order chi connectivity index (χ0) is 70.8.